The van der Waals surface area contributed by atoms with Crippen LogP contribution in [0.2, 0.25) is 0 Å². The Bertz CT molecular complexity index is 619. The molecule has 3 aromatic rings. The van der Waals surface area contributed by atoms with Crippen LogP contribution >= 0.6 is 32.9 Å². The zero-order chi connectivity index (χ0) is 11.5. The summed E-state index contributed by atoms with van der Waals surface area (Å²) in [4.78, 5) is 6.75. The first-order chi connectivity index (χ1) is 8.43. The number of rotatable bonds is 3. The monoisotopic (exact) mass is 274 g/mol. The van der Waals surface area contributed by atoms with E-state index in [1.165, 1.54) is 14.5 Å². The Labute approximate surface area is 112 Å². The summed E-state index contributed by atoms with van der Waals surface area (Å²) < 4.78 is 1.20. The van der Waals surface area contributed by atoms with Crippen molar-refractivity contribution in [1.82, 2.24) is 4.98 Å². The summed E-state index contributed by atoms with van der Waals surface area (Å²) in [6.45, 7) is 0. The molecule has 0 aliphatic rings. The second kappa shape index (κ2) is 5.12. The average Bonchev–Trinajstić information content (AvgIpc) is 2.86. The van der Waals surface area contributed by atoms with Crippen LogP contribution in [0.5, 0.6) is 0 Å². The maximum atomic E-state index is 4.29. The van der Waals surface area contributed by atoms with Gasteiger partial charge in [0.2, 0.25) is 0 Å². The van der Waals surface area contributed by atoms with Gasteiger partial charge in [-0.2, -0.15) is 0 Å². The van der Waals surface area contributed by atoms with Crippen LogP contribution in [0.15, 0.2) is 58.3 Å². The summed E-state index contributed by atoms with van der Waals surface area (Å²) in [6, 6.07) is 16.6. The molecule has 0 unspecified atom stereocenters. The third kappa shape index (κ3) is 2.49. The fourth-order valence-corrected chi connectivity index (χ4v) is 4.27. The van der Waals surface area contributed by atoms with E-state index in [0.717, 1.165) is 5.52 Å². The fraction of sp³-hybridized carbons (Fsp3) is 0. The van der Waals surface area contributed by atoms with Crippen LogP contribution in [0, 0.1) is 5.51 Å². The van der Waals surface area contributed by atoms with Gasteiger partial charge in [0.25, 0.3) is 0 Å². The van der Waals surface area contributed by atoms with Gasteiger partial charge < -0.3 is 0 Å². The highest BCUT2D eigenvalue weighted by atomic mass is 33.1. The smallest absolute Gasteiger partial charge is 0.153 e. The quantitative estimate of drug-likeness (QED) is 0.631. The lowest BCUT2D eigenvalue weighted by Crippen LogP contribution is -1.73. The molecule has 0 amide bonds. The topological polar surface area (TPSA) is 12.9 Å². The standard InChI is InChI=1S/C13H8NS3/c1-2-5-10(6-3-1)16-17-12-8-4-7-11-13(12)14-9-15-11/h1-8H. The molecule has 0 spiro atoms. The first-order valence-corrected chi connectivity index (χ1v) is 8.05. The largest absolute Gasteiger partial charge is 0.232 e. The molecule has 1 radical (unpaired) electrons. The maximum absolute atomic E-state index is 4.29. The minimum Gasteiger partial charge on any atom is -0.232 e. The zero-order valence-corrected chi connectivity index (χ0v) is 11.2. The molecule has 17 heavy (non-hydrogen) atoms. The molecular weight excluding hydrogens is 266 g/mol. The molecule has 2 aromatic carbocycles. The molecule has 1 nitrogen and oxygen atoms in total. The number of thiazole rings is 1. The van der Waals surface area contributed by atoms with Crippen LogP contribution in [-0.4, -0.2) is 4.98 Å². The highest BCUT2D eigenvalue weighted by Gasteiger charge is 2.05. The highest BCUT2D eigenvalue weighted by molar-refractivity contribution is 8.76. The van der Waals surface area contributed by atoms with Gasteiger partial charge in [-0.05, 0) is 24.3 Å². The predicted molar refractivity (Wildman–Crippen MR) is 76.6 cm³/mol. The lowest BCUT2D eigenvalue weighted by molar-refractivity contribution is 1.41. The van der Waals surface area contributed by atoms with Crippen molar-refractivity contribution in [2.45, 2.75) is 9.79 Å². The molecule has 0 fully saturated rings. The van der Waals surface area contributed by atoms with Gasteiger partial charge in [-0.3, -0.25) is 0 Å². The number of benzene rings is 2. The Balaban J connectivity index is 1.84. The number of hydrogen-bond acceptors (Lipinski definition) is 4. The Kier molecular flexibility index (Phi) is 3.36. The molecule has 0 bridgehead atoms. The molecule has 4 heteroatoms. The molecule has 0 saturated carbocycles. The zero-order valence-electron chi connectivity index (χ0n) is 8.79. The van der Waals surface area contributed by atoms with E-state index in [2.05, 4.69) is 53.0 Å². The van der Waals surface area contributed by atoms with Gasteiger partial charge in [0.15, 0.2) is 5.51 Å². The van der Waals surface area contributed by atoms with Crippen molar-refractivity contribution in [1.29, 1.82) is 0 Å². The minimum atomic E-state index is 1.06. The van der Waals surface area contributed by atoms with Crippen molar-refractivity contribution in [2.75, 3.05) is 0 Å². The maximum Gasteiger partial charge on any atom is 0.153 e. The number of para-hydroxylation sites is 1. The lowest BCUT2D eigenvalue weighted by atomic mass is 10.3. The van der Waals surface area contributed by atoms with E-state index in [1.807, 2.05) is 6.07 Å². The molecule has 1 heterocycles. The fourth-order valence-electron chi connectivity index (χ4n) is 1.45. The van der Waals surface area contributed by atoms with Gasteiger partial charge in [-0.25, -0.2) is 4.98 Å². The van der Waals surface area contributed by atoms with E-state index in [1.54, 1.807) is 32.9 Å². The van der Waals surface area contributed by atoms with Gasteiger partial charge in [0.1, 0.15) is 0 Å². The molecule has 83 valence electrons. The summed E-state index contributed by atoms with van der Waals surface area (Å²) in [5.41, 5.74) is 4.01. The van der Waals surface area contributed by atoms with Crippen molar-refractivity contribution in [2.24, 2.45) is 0 Å². The second-order valence-electron chi connectivity index (χ2n) is 3.39. The Morgan fingerprint density at radius 1 is 0.941 bits per heavy atom. The molecule has 0 atom stereocenters. The minimum absolute atomic E-state index is 1.06. The van der Waals surface area contributed by atoms with E-state index in [4.69, 9.17) is 0 Å². The average molecular weight is 274 g/mol. The van der Waals surface area contributed by atoms with Crippen LogP contribution in [-0.2, 0) is 0 Å². The molecule has 1 aromatic heterocycles. The van der Waals surface area contributed by atoms with Gasteiger partial charge in [-0.1, -0.05) is 45.9 Å². The number of aromatic nitrogens is 1. The van der Waals surface area contributed by atoms with Gasteiger partial charge in [0.05, 0.1) is 10.2 Å². The van der Waals surface area contributed by atoms with Crippen molar-refractivity contribution in [3.63, 3.8) is 0 Å². The summed E-state index contributed by atoms with van der Waals surface area (Å²) in [5.74, 6) is 0. The third-order valence-corrected chi connectivity index (χ3v) is 5.40. The normalized spacial score (nSPS) is 10.8. The molecule has 3 rings (SSSR count). The van der Waals surface area contributed by atoms with E-state index in [9.17, 15) is 0 Å². The number of hydrogen-bond donors (Lipinski definition) is 0. The highest BCUT2D eigenvalue weighted by Crippen LogP contribution is 2.40. The van der Waals surface area contributed by atoms with Gasteiger partial charge >= 0.3 is 0 Å². The van der Waals surface area contributed by atoms with E-state index >= 15 is 0 Å². The summed E-state index contributed by atoms with van der Waals surface area (Å²) in [7, 11) is 3.51. The molecule has 0 aliphatic carbocycles. The Morgan fingerprint density at radius 3 is 2.71 bits per heavy atom. The van der Waals surface area contributed by atoms with Gasteiger partial charge in [0, 0.05) is 9.79 Å². The second-order valence-corrected chi connectivity index (χ2v) is 6.46. The molecule has 0 aliphatic heterocycles. The van der Waals surface area contributed by atoms with E-state index in [0.29, 0.717) is 0 Å². The molecule has 0 N–H and O–H groups in total. The van der Waals surface area contributed by atoms with Crippen molar-refractivity contribution < 1.29 is 0 Å². The van der Waals surface area contributed by atoms with E-state index in [-0.39, 0.29) is 0 Å². The SMILES string of the molecule is [c]1nc2c(SSc3ccccc3)cccc2s1. The van der Waals surface area contributed by atoms with Crippen molar-refractivity contribution >= 4 is 43.1 Å². The first kappa shape index (κ1) is 11.1. The van der Waals surface area contributed by atoms with Gasteiger partial charge in [-0.15, -0.1) is 11.3 Å². The number of nitrogens with zero attached hydrogens (tertiary/aromatic N) is 1. The third-order valence-electron chi connectivity index (χ3n) is 2.25. The lowest BCUT2D eigenvalue weighted by Gasteiger charge is -2.01. The first-order valence-electron chi connectivity index (χ1n) is 5.09. The predicted octanol–water partition coefficient (Wildman–Crippen LogP) is 4.90. The van der Waals surface area contributed by atoms with Crippen molar-refractivity contribution in [3.8, 4) is 0 Å². The number of fused-ring (bicyclic) bond motifs is 1. The Hall–Kier alpha value is -0.970. The Morgan fingerprint density at radius 2 is 1.82 bits per heavy atom. The van der Waals surface area contributed by atoms with Crippen LogP contribution in [0.3, 0.4) is 0 Å². The van der Waals surface area contributed by atoms with Crippen LogP contribution in [0.4, 0.5) is 0 Å². The van der Waals surface area contributed by atoms with Crippen LogP contribution < -0.4 is 0 Å². The summed E-state index contributed by atoms with van der Waals surface area (Å²) in [6.07, 6.45) is 0. The van der Waals surface area contributed by atoms with E-state index < -0.39 is 0 Å². The van der Waals surface area contributed by atoms with Crippen molar-refractivity contribution in [3.05, 3.63) is 54.0 Å². The summed E-state index contributed by atoms with van der Waals surface area (Å²) >= 11 is 1.56. The molecular formula is C13H8NS3. The van der Waals surface area contributed by atoms with Crippen LogP contribution in [0.25, 0.3) is 10.2 Å². The summed E-state index contributed by atoms with van der Waals surface area (Å²) in [5, 5.41) is 0. The molecule has 0 saturated heterocycles. The van der Waals surface area contributed by atoms with Crippen LogP contribution in [0.1, 0.15) is 0 Å².